The molecule has 1 amide bonds. The molecule has 25 heavy (non-hydrogen) atoms. The Morgan fingerprint density at radius 3 is 2.44 bits per heavy atom. The summed E-state index contributed by atoms with van der Waals surface area (Å²) in [5.74, 6) is -3.09. The summed E-state index contributed by atoms with van der Waals surface area (Å²) >= 11 is 10.8. The zero-order valence-electron chi connectivity index (χ0n) is 13.2. The van der Waals surface area contributed by atoms with E-state index < -0.39 is 48.5 Å². The number of aromatic nitrogens is 1. The molecule has 0 fully saturated rings. The van der Waals surface area contributed by atoms with Crippen molar-refractivity contribution in [2.75, 3.05) is 22.8 Å². The monoisotopic (exact) mass is 442 g/mol. The van der Waals surface area contributed by atoms with Gasteiger partial charge in [0.1, 0.15) is 20.8 Å². The first-order valence-corrected chi connectivity index (χ1v) is 10.4. The summed E-state index contributed by atoms with van der Waals surface area (Å²) in [7, 11) is -9.30. The predicted octanol–water partition coefficient (Wildman–Crippen LogP) is -2.25. The van der Waals surface area contributed by atoms with E-state index in [0.29, 0.717) is 12.3 Å². The molecule has 1 N–H and O–H groups in total. The summed E-state index contributed by atoms with van der Waals surface area (Å²) in [6, 6.07) is 0.701. The van der Waals surface area contributed by atoms with Crippen molar-refractivity contribution in [3.05, 3.63) is 12.3 Å². The Kier molecular flexibility index (Phi) is 10.2. The van der Waals surface area contributed by atoms with Crippen molar-refractivity contribution in [2.45, 2.75) is 11.8 Å². The average molecular weight is 443 g/mol. The molecular weight excluding hydrogens is 430 g/mol. The van der Waals surface area contributed by atoms with E-state index in [9.17, 15) is 26.2 Å². The summed E-state index contributed by atoms with van der Waals surface area (Å²) < 4.78 is 61.6. The van der Waals surface area contributed by atoms with E-state index in [1.165, 1.54) is 6.92 Å². The SMILES string of the molecule is CC(CCl)C(=O)Nc1cc(S(=O)(=O)[O-])c(OS(=O)(=O)CCCl)cn1.[Na+]. The number of amides is 1. The first kappa shape index (κ1) is 24.9. The second-order valence-electron chi connectivity index (χ2n) is 4.55. The predicted molar refractivity (Wildman–Crippen MR) is 85.8 cm³/mol. The fraction of sp³-hybridized carbons (Fsp3) is 0.455. The minimum atomic E-state index is -5.09. The van der Waals surface area contributed by atoms with Crippen LogP contribution in [-0.4, -0.2) is 49.8 Å². The Morgan fingerprint density at radius 2 is 1.96 bits per heavy atom. The molecule has 0 radical (unpaired) electrons. The number of nitrogens with one attached hydrogen (secondary N) is 1. The smallest absolute Gasteiger partial charge is 0.744 e. The maximum absolute atomic E-state index is 11.7. The molecule has 1 unspecified atom stereocenters. The van der Waals surface area contributed by atoms with Crippen LogP contribution in [0, 0.1) is 5.92 Å². The third-order valence-electron chi connectivity index (χ3n) is 2.58. The van der Waals surface area contributed by atoms with Gasteiger partial charge < -0.3 is 14.1 Å². The molecule has 1 heterocycles. The van der Waals surface area contributed by atoms with E-state index in [-0.39, 0.29) is 47.1 Å². The maximum atomic E-state index is 11.7. The number of halogens is 2. The van der Waals surface area contributed by atoms with E-state index in [2.05, 4.69) is 14.5 Å². The first-order valence-electron chi connectivity index (χ1n) is 6.31. The van der Waals surface area contributed by atoms with E-state index in [0.717, 1.165) is 0 Å². The van der Waals surface area contributed by atoms with Crippen molar-refractivity contribution in [3.8, 4) is 5.75 Å². The van der Waals surface area contributed by atoms with Crippen LogP contribution in [0.1, 0.15) is 6.92 Å². The van der Waals surface area contributed by atoms with Crippen LogP contribution >= 0.6 is 23.2 Å². The molecule has 0 saturated carbocycles. The van der Waals surface area contributed by atoms with Gasteiger partial charge in [-0.3, -0.25) is 4.79 Å². The van der Waals surface area contributed by atoms with Crippen LogP contribution in [0.25, 0.3) is 0 Å². The number of carbonyl (C=O) groups excluding carboxylic acids is 1. The van der Waals surface area contributed by atoms with Crippen LogP contribution in [0.15, 0.2) is 17.2 Å². The van der Waals surface area contributed by atoms with Crippen LogP contribution in [0.5, 0.6) is 5.75 Å². The first-order chi connectivity index (χ1) is 11.0. The molecule has 14 heteroatoms. The second-order valence-corrected chi connectivity index (χ2v) is 8.27. The van der Waals surface area contributed by atoms with Gasteiger partial charge in [0.15, 0.2) is 5.75 Å². The van der Waals surface area contributed by atoms with Crippen molar-refractivity contribution < 1.29 is 59.9 Å². The molecule has 1 aromatic heterocycles. The van der Waals surface area contributed by atoms with Gasteiger partial charge in [-0.05, 0) is 0 Å². The summed E-state index contributed by atoms with van der Waals surface area (Å²) in [5, 5.41) is 2.26. The van der Waals surface area contributed by atoms with Gasteiger partial charge in [0.2, 0.25) is 5.91 Å². The molecule has 1 rings (SSSR count). The molecule has 1 atom stereocenters. The van der Waals surface area contributed by atoms with E-state index in [4.69, 9.17) is 23.2 Å². The van der Waals surface area contributed by atoms with Gasteiger partial charge in [0.25, 0.3) is 0 Å². The van der Waals surface area contributed by atoms with Crippen molar-refractivity contribution in [1.82, 2.24) is 4.98 Å². The van der Waals surface area contributed by atoms with Crippen LogP contribution in [-0.2, 0) is 25.0 Å². The van der Waals surface area contributed by atoms with Gasteiger partial charge in [-0.25, -0.2) is 13.4 Å². The Balaban J connectivity index is 0.00000576. The number of pyridine rings is 1. The van der Waals surface area contributed by atoms with Gasteiger partial charge in [-0.1, -0.05) is 6.92 Å². The van der Waals surface area contributed by atoms with Gasteiger partial charge >= 0.3 is 39.7 Å². The summed E-state index contributed by atoms with van der Waals surface area (Å²) in [4.78, 5) is 14.4. The number of hydrogen-bond donors (Lipinski definition) is 1. The van der Waals surface area contributed by atoms with Crippen molar-refractivity contribution >= 4 is 55.2 Å². The molecule has 9 nitrogen and oxygen atoms in total. The minimum Gasteiger partial charge on any atom is -0.744 e. The fourth-order valence-electron chi connectivity index (χ4n) is 1.34. The Bertz CT molecular complexity index is 818. The van der Waals surface area contributed by atoms with E-state index in [1.807, 2.05) is 0 Å². The molecule has 1 aromatic rings. The summed E-state index contributed by atoms with van der Waals surface area (Å²) in [6.07, 6.45) is 0.706. The zero-order valence-corrected chi connectivity index (χ0v) is 18.4. The van der Waals surface area contributed by atoms with Gasteiger partial charge in [-0.2, -0.15) is 8.42 Å². The number of rotatable bonds is 8. The van der Waals surface area contributed by atoms with Crippen molar-refractivity contribution in [1.29, 1.82) is 0 Å². The summed E-state index contributed by atoms with van der Waals surface area (Å²) in [6.45, 7) is 1.52. The zero-order chi connectivity index (χ0) is 18.5. The van der Waals surface area contributed by atoms with E-state index >= 15 is 0 Å². The topological polar surface area (TPSA) is 143 Å². The van der Waals surface area contributed by atoms with Crippen molar-refractivity contribution in [2.24, 2.45) is 5.92 Å². The maximum Gasteiger partial charge on any atom is 1.00 e. The number of alkyl halides is 2. The standard InChI is InChI=1S/C11H14Cl2N2O7S2.Na/c1-7(5-13)11(16)15-10-4-9(24(19,20)21)8(6-14-10)22-23(17,18)3-2-12;/h4,6-7H,2-3,5H2,1H3,(H,14,15,16)(H,19,20,21);/q;+1/p-1. The molecule has 0 aromatic carbocycles. The van der Waals surface area contributed by atoms with Gasteiger partial charge in [-0.15, -0.1) is 23.2 Å². The number of hydrogen-bond acceptors (Lipinski definition) is 8. The van der Waals surface area contributed by atoms with Gasteiger partial charge in [0, 0.05) is 23.7 Å². The molecule has 0 aliphatic heterocycles. The molecule has 0 aliphatic rings. The minimum absolute atomic E-state index is 0. The number of nitrogens with zero attached hydrogens (tertiary/aromatic N) is 1. The third kappa shape index (κ3) is 7.95. The van der Waals surface area contributed by atoms with Crippen LogP contribution in [0.4, 0.5) is 5.82 Å². The molecule has 0 spiro atoms. The van der Waals surface area contributed by atoms with Crippen LogP contribution in [0.3, 0.4) is 0 Å². The molecular formula is C11H13Cl2N2NaO7S2. The normalized spacial score (nSPS) is 12.8. The average Bonchev–Trinajstić information content (AvgIpc) is 2.46. The second kappa shape index (κ2) is 10.3. The molecule has 0 saturated heterocycles. The van der Waals surface area contributed by atoms with Crippen LogP contribution in [0.2, 0.25) is 0 Å². The Hall–Kier alpha value is -0.140. The van der Waals surface area contributed by atoms with Crippen molar-refractivity contribution in [3.63, 3.8) is 0 Å². The number of anilines is 1. The van der Waals surface area contributed by atoms with E-state index in [1.54, 1.807) is 0 Å². The van der Waals surface area contributed by atoms with Gasteiger partial charge in [0.05, 0.1) is 11.9 Å². The number of carbonyl (C=O) groups is 1. The molecule has 136 valence electrons. The third-order valence-corrected chi connectivity index (χ3v) is 5.45. The Labute approximate surface area is 177 Å². The van der Waals surface area contributed by atoms with Crippen LogP contribution < -0.4 is 39.1 Å². The fourth-order valence-corrected chi connectivity index (χ4v) is 3.38. The molecule has 0 bridgehead atoms. The molecule has 0 aliphatic carbocycles. The Morgan fingerprint density at radius 1 is 1.36 bits per heavy atom. The largest absolute Gasteiger partial charge is 1.00 e. The summed E-state index contributed by atoms with van der Waals surface area (Å²) in [5.41, 5.74) is 0. The quantitative estimate of drug-likeness (QED) is 0.206.